The monoisotopic (exact) mass is 358 g/mol. The molecule has 3 heterocycles. The Morgan fingerprint density at radius 2 is 2.36 bits per heavy atom. The van der Waals surface area contributed by atoms with Crippen LogP contribution in [0.1, 0.15) is 40.8 Å². The maximum Gasteiger partial charge on any atom is 0.355 e. The molecule has 0 unspecified atom stereocenters. The van der Waals surface area contributed by atoms with E-state index in [2.05, 4.69) is 31.2 Å². The predicted octanol–water partition coefficient (Wildman–Crippen LogP) is 2.39. The number of carboxylic acids is 1. The second kappa shape index (κ2) is 7.55. The van der Waals surface area contributed by atoms with Gasteiger partial charge >= 0.3 is 5.97 Å². The Bertz CT molecular complexity index is 815. The van der Waals surface area contributed by atoms with Crippen molar-refractivity contribution in [2.24, 2.45) is 0 Å². The molecule has 0 radical (unpaired) electrons. The van der Waals surface area contributed by atoms with E-state index >= 15 is 0 Å². The molecule has 9 heteroatoms. The molecule has 0 bridgehead atoms. The molecule has 0 amide bonds. The molecule has 3 rings (SSSR count). The summed E-state index contributed by atoms with van der Waals surface area (Å²) in [6, 6.07) is 4.09. The molecule has 25 heavy (non-hydrogen) atoms. The summed E-state index contributed by atoms with van der Waals surface area (Å²) in [5.41, 5.74) is 0.950. The van der Waals surface area contributed by atoms with Gasteiger partial charge in [-0.05, 0) is 26.3 Å². The highest BCUT2D eigenvalue weighted by molar-refractivity contribution is 7.14. The van der Waals surface area contributed by atoms with E-state index in [0.29, 0.717) is 23.3 Å². The third-order valence-electron chi connectivity index (χ3n) is 4.03. The zero-order chi connectivity index (χ0) is 17.8. The Kier molecular flexibility index (Phi) is 5.21. The summed E-state index contributed by atoms with van der Waals surface area (Å²) >= 11 is 1.22. The number of anilines is 2. The van der Waals surface area contributed by atoms with Gasteiger partial charge in [-0.2, -0.15) is 5.26 Å². The van der Waals surface area contributed by atoms with E-state index in [9.17, 15) is 4.79 Å². The summed E-state index contributed by atoms with van der Waals surface area (Å²) in [5.74, 6) is 0.456. The summed E-state index contributed by atoms with van der Waals surface area (Å²) < 4.78 is 0. The molecule has 0 spiro atoms. The van der Waals surface area contributed by atoms with Crippen molar-refractivity contribution in [2.45, 2.75) is 25.7 Å². The predicted molar refractivity (Wildman–Crippen MR) is 93.2 cm³/mol. The number of aromatic carboxylic acids is 1. The smallest absolute Gasteiger partial charge is 0.355 e. The number of hydrogen-bond donors (Lipinski definition) is 2. The zero-order valence-corrected chi connectivity index (χ0v) is 14.6. The maximum atomic E-state index is 10.9. The van der Waals surface area contributed by atoms with Gasteiger partial charge in [0.25, 0.3) is 0 Å². The molecule has 1 saturated heterocycles. The SMILES string of the molecule is Cc1nc(Nc2nc(C(=O)O)cs2)cc([C@@H]2CCCN(CC#N)C2)n1. The van der Waals surface area contributed by atoms with Gasteiger partial charge < -0.3 is 10.4 Å². The number of carboxylic acid groups (broad SMARTS) is 1. The number of rotatable bonds is 5. The first-order valence-electron chi connectivity index (χ1n) is 7.96. The fourth-order valence-electron chi connectivity index (χ4n) is 2.94. The number of aromatic nitrogens is 3. The fourth-order valence-corrected chi connectivity index (χ4v) is 3.63. The Hall–Kier alpha value is -2.57. The van der Waals surface area contributed by atoms with Gasteiger partial charge in [-0.25, -0.2) is 19.7 Å². The van der Waals surface area contributed by atoms with Gasteiger partial charge in [0.2, 0.25) is 0 Å². The maximum absolute atomic E-state index is 10.9. The van der Waals surface area contributed by atoms with Crippen LogP contribution in [-0.2, 0) is 0 Å². The van der Waals surface area contributed by atoms with E-state index in [1.54, 1.807) is 0 Å². The van der Waals surface area contributed by atoms with Gasteiger partial charge in [-0.15, -0.1) is 11.3 Å². The number of nitrogens with zero attached hydrogens (tertiary/aromatic N) is 5. The van der Waals surface area contributed by atoms with Crippen LogP contribution in [0.4, 0.5) is 10.9 Å². The standard InChI is InChI=1S/C16H18N6O2S/c1-10-18-12(11-3-2-5-22(8-11)6-4-17)7-14(19-10)21-16-20-13(9-25-16)15(23)24/h7,9,11H,2-3,5-6,8H2,1H3,(H,23,24)(H,18,19,20,21)/t11-/m1/s1. The summed E-state index contributed by atoms with van der Waals surface area (Å²) in [4.78, 5) is 26.0. The van der Waals surface area contributed by atoms with Crippen molar-refractivity contribution in [1.82, 2.24) is 19.9 Å². The Morgan fingerprint density at radius 3 is 3.08 bits per heavy atom. The van der Waals surface area contributed by atoms with Crippen LogP contribution in [0.5, 0.6) is 0 Å². The van der Waals surface area contributed by atoms with Crippen LogP contribution in [0.3, 0.4) is 0 Å². The first kappa shape index (κ1) is 17.3. The number of hydrogen-bond acceptors (Lipinski definition) is 8. The first-order valence-corrected chi connectivity index (χ1v) is 8.84. The van der Waals surface area contributed by atoms with Gasteiger partial charge in [0.1, 0.15) is 11.6 Å². The molecular weight excluding hydrogens is 340 g/mol. The lowest BCUT2D eigenvalue weighted by Gasteiger charge is -2.30. The number of aryl methyl sites for hydroxylation is 1. The molecule has 1 fully saturated rings. The minimum absolute atomic E-state index is 0.0120. The molecule has 0 saturated carbocycles. The van der Waals surface area contributed by atoms with Crippen LogP contribution >= 0.6 is 11.3 Å². The normalized spacial score (nSPS) is 17.8. The number of nitrogens with one attached hydrogen (secondary N) is 1. The molecule has 8 nitrogen and oxygen atoms in total. The molecule has 1 atom stereocenters. The number of carbonyl (C=O) groups is 1. The van der Waals surface area contributed by atoms with Crippen LogP contribution in [-0.4, -0.2) is 50.6 Å². The van der Waals surface area contributed by atoms with Gasteiger partial charge in [-0.3, -0.25) is 4.90 Å². The quantitative estimate of drug-likeness (QED) is 0.783. The molecular formula is C16H18N6O2S. The first-order chi connectivity index (χ1) is 12.0. The molecule has 0 aromatic carbocycles. The molecule has 0 aliphatic carbocycles. The van der Waals surface area contributed by atoms with E-state index in [4.69, 9.17) is 10.4 Å². The summed E-state index contributed by atoms with van der Waals surface area (Å²) in [7, 11) is 0. The van der Waals surface area contributed by atoms with Crippen molar-refractivity contribution in [3.05, 3.63) is 28.7 Å². The molecule has 2 aromatic rings. The Morgan fingerprint density at radius 1 is 1.52 bits per heavy atom. The van der Waals surface area contributed by atoms with E-state index in [-0.39, 0.29) is 11.6 Å². The molecule has 2 aromatic heterocycles. The molecule has 1 aliphatic rings. The van der Waals surface area contributed by atoms with Crippen molar-refractivity contribution in [1.29, 1.82) is 5.26 Å². The zero-order valence-electron chi connectivity index (χ0n) is 13.8. The molecule has 2 N–H and O–H groups in total. The van der Waals surface area contributed by atoms with Crippen LogP contribution in [0, 0.1) is 18.3 Å². The lowest BCUT2D eigenvalue weighted by molar-refractivity contribution is 0.0691. The third kappa shape index (κ3) is 4.29. The van der Waals surface area contributed by atoms with Crippen LogP contribution < -0.4 is 5.32 Å². The van der Waals surface area contributed by atoms with Crippen molar-refractivity contribution in [2.75, 3.05) is 25.0 Å². The minimum atomic E-state index is -1.05. The lowest BCUT2D eigenvalue weighted by Crippen LogP contribution is -2.35. The Labute approximate surface area is 149 Å². The number of thiazole rings is 1. The highest BCUT2D eigenvalue weighted by Gasteiger charge is 2.23. The molecule has 1 aliphatic heterocycles. The van der Waals surface area contributed by atoms with E-state index < -0.39 is 5.97 Å². The highest BCUT2D eigenvalue weighted by atomic mass is 32.1. The average molecular weight is 358 g/mol. The number of likely N-dealkylation sites (tertiary alicyclic amines) is 1. The summed E-state index contributed by atoms with van der Waals surface area (Å²) in [6.45, 7) is 4.01. The van der Waals surface area contributed by atoms with Crippen molar-refractivity contribution in [3.63, 3.8) is 0 Å². The van der Waals surface area contributed by atoms with Gasteiger partial charge in [0.15, 0.2) is 10.8 Å². The topological polar surface area (TPSA) is 115 Å². The van der Waals surface area contributed by atoms with E-state index in [1.807, 2.05) is 13.0 Å². The second-order valence-corrected chi connectivity index (χ2v) is 6.78. The van der Waals surface area contributed by atoms with Crippen molar-refractivity contribution in [3.8, 4) is 6.07 Å². The lowest BCUT2D eigenvalue weighted by atomic mass is 9.94. The van der Waals surface area contributed by atoms with Crippen molar-refractivity contribution >= 4 is 28.3 Å². The fraction of sp³-hybridized carbons (Fsp3) is 0.438. The average Bonchev–Trinajstić information content (AvgIpc) is 3.04. The number of nitriles is 1. The van der Waals surface area contributed by atoms with Gasteiger partial charge in [0, 0.05) is 23.9 Å². The largest absolute Gasteiger partial charge is 0.476 e. The highest BCUT2D eigenvalue weighted by Crippen LogP contribution is 2.28. The van der Waals surface area contributed by atoms with Crippen LogP contribution in [0.2, 0.25) is 0 Å². The van der Waals surface area contributed by atoms with Crippen LogP contribution in [0.15, 0.2) is 11.4 Å². The van der Waals surface area contributed by atoms with E-state index in [1.165, 1.54) is 16.7 Å². The van der Waals surface area contributed by atoms with Gasteiger partial charge in [-0.1, -0.05) is 0 Å². The van der Waals surface area contributed by atoms with Crippen LogP contribution in [0.25, 0.3) is 0 Å². The Balaban J connectivity index is 1.78. The third-order valence-corrected chi connectivity index (χ3v) is 4.79. The van der Waals surface area contributed by atoms with E-state index in [0.717, 1.165) is 31.6 Å². The summed E-state index contributed by atoms with van der Waals surface area (Å²) in [6.07, 6.45) is 2.06. The minimum Gasteiger partial charge on any atom is -0.476 e. The number of piperidine rings is 1. The molecule has 130 valence electrons. The summed E-state index contributed by atoms with van der Waals surface area (Å²) in [5, 5.41) is 22.9. The van der Waals surface area contributed by atoms with Crippen molar-refractivity contribution < 1.29 is 9.90 Å². The second-order valence-electron chi connectivity index (χ2n) is 5.93. The van der Waals surface area contributed by atoms with Gasteiger partial charge in [0.05, 0.1) is 18.3 Å².